The molecule has 0 unspecified atom stereocenters. The smallest absolute Gasteiger partial charge is 0.267 e. The summed E-state index contributed by atoms with van der Waals surface area (Å²) in [6, 6.07) is 11.3. The van der Waals surface area contributed by atoms with Crippen molar-refractivity contribution in [3.8, 4) is 5.75 Å². The number of carbonyl (C=O) groups excluding carboxylic acids is 1. The van der Waals surface area contributed by atoms with Crippen molar-refractivity contribution in [3.63, 3.8) is 0 Å². The first-order chi connectivity index (χ1) is 17.9. The molecule has 0 N–H and O–H groups in total. The van der Waals surface area contributed by atoms with E-state index in [1.165, 1.54) is 11.8 Å². The molecule has 2 aliphatic heterocycles. The van der Waals surface area contributed by atoms with Crippen molar-refractivity contribution < 1.29 is 9.53 Å². The van der Waals surface area contributed by atoms with Crippen molar-refractivity contribution in [2.45, 2.75) is 20.4 Å². The first kappa shape index (κ1) is 25.4. The molecule has 192 valence electrons. The third-order valence-electron chi connectivity index (χ3n) is 6.83. The number of piperazine rings is 1. The molecule has 10 heteroatoms. The third-order valence-corrected chi connectivity index (χ3v) is 8.21. The summed E-state index contributed by atoms with van der Waals surface area (Å²) in [5.74, 6) is 1.16. The summed E-state index contributed by atoms with van der Waals surface area (Å²) in [5, 5.41) is 0. The number of hydrogen-bond donors (Lipinski definition) is 0. The molecule has 1 amide bonds. The van der Waals surface area contributed by atoms with Crippen LogP contribution in [-0.4, -0.2) is 69.2 Å². The Bertz CT molecular complexity index is 1440. The number of likely N-dealkylation sites (N-methyl/N-ethyl adjacent to an activating group) is 1. The number of rotatable bonds is 6. The molecule has 0 bridgehead atoms. The van der Waals surface area contributed by atoms with E-state index < -0.39 is 0 Å². The molecule has 4 heterocycles. The number of carbonyl (C=O) groups is 1. The van der Waals surface area contributed by atoms with E-state index in [2.05, 4.69) is 16.7 Å². The Labute approximate surface area is 225 Å². The van der Waals surface area contributed by atoms with E-state index in [-0.39, 0.29) is 11.5 Å². The van der Waals surface area contributed by atoms with Crippen LogP contribution in [0.3, 0.4) is 0 Å². The number of amides is 1. The Kier molecular flexibility index (Phi) is 7.32. The molecule has 0 saturated carbocycles. The van der Waals surface area contributed by atoms with Gasteiger partial charge in [0.05, 0.1) is 24.1 Å². The summed E-state index contributed by atoms with van der Waals surface area (Å²) in [4.78, 5) is 38.6. The topological polar surface area (TPSA) is 70.4 Å². The number of benzene rings is 1. The lowest BCUT2D eigenvalue weighted by Crippen LogP contribution is -2.47. The Morgan fingerprint density at radius 2 is 1.84 bits per heavy atom. The minimum Gasteiger partial charge on any atom is -0.497 e. The average Bonchev–Trinajstić information content (AvgIpc) is 3.18. The Morgan fingerprint density at radius 1 is 1.11 bits per heavy atom. The van der Waals surface area contributed by atoms with Gasteiger partial charge in [0, 0.05) is 32.4 Å². The highest BCUT2D eigenvalue weighted by Crippen LogP contribution is 2.35. The second-order valence-electron chi connectivity index (χ2n) is 9.08. The summed E-state index contributed by atoms with van der Waals surface area (Å²) < 4.78 is 7.25. The van der Waals surface area contributed by atoms with E-state index in [4.69, 9.17) is 21.9 Å². The highest BCUT2D eigenvalue weighted by atomic mass is 32.2. The second-order valence-corrected chi connectivity index (χ2v) is 10.8. The normalized spacial score (nSPS) is 17.9. The van der Waals surface area contributed by atoms with Gasteiger partial charge in [-0.15, -0.1) is 0 Å². The van der Waals surface area contributed by atoms with Crippen LogP contribution in [-0.2, 0) is 11.3 Å². The number of aryl methyl sites for hydroxylation is 1. The van der Waals surface area contributed by atoms with Gasteiger partial charge in [-0.3, -0.25) is 18.9 Å². The number of pyridine rings is 1. The van der Waals surface area contributed by atoms with E-state index in [0.29, 0.717) is 32.8 Å². The highest BCUT2D eigenvalue weighted by Gasteiger charge is 2.33. The maximum atomic E-state index is 13.7. The first-order valence-corrected chi connectivity index (χ1v) is 13.5. The largest absolute Gasteiger partial charge is 0.497 e. The van der Waals surface area contributed by atoms with Gasteiger partial charge in [-0.1, -0.05) is 49.1 Å². The standard InChI is InChI=1S/C27H29N5O3S2/c1-4-29-12-14-30(15-13-29)24-21(25(33)31-11-5-6-18(2)23(31)28-24)16-22-26(34)32(27(36)37-22)17-19-7-9-20(35-3)10-8-19/h5-11,16H,4,12-15,17H2,1-3H3/b22-16-. The van der Waals surface area contributed by atoms with Crippen molar-refractivity contribution >= 4 is 51.7 Å². The summed E-state index contributed by atoms with van der Waals surface area (Å²) in [7, 11) is 1.62. The fraction of sp³-hybridized carbons (Fsp3) is 0.333. The quantitative estimate of drug-likeness (QED) is 0.351. The number of hydrogen-bond acceptors (Lipinski definition) is 8. The van der Waals surface area contributed by atoms with E-state index in [1.54, 1.807) is 28.7 Å². The van der Waals surface area contributed by atoms with E-state index in [9.17, 15) is 9.59 Å². The highest BCUT2D eigenvalue weighted by molar-refractivity contribution is 8.26. The molecule has 5 rings (SSSR count). The van der Waals surface area contributed by atoms with Crippen LogP contribution < -0.4 is 15.2 Å². The number of anilines is 1. The van der Waals surface area contributed by atoms with E-state index in [0.717, 1.165) is 49.6 Å². The molecule has 37 heavy (non-hydrogen) atoms. The predicted molar refractivity (Wildman–Crippen MR) is 152 cm³/mol. The Morgan fingerprint density at radius 3 is 2.51 bits per heavy atom. The van der Waals surface area contributed by atoms with Crippen molar-refractivity contribution in [1.29, 1.82) is 0 Å². The zero-order chi connectivity index (χ0) is 26.1. The third kappa shape index (κ3) is 5.01. The number of nitrogens with zero attached hydrogens (tertiary/aromatic N) is 5. The van der Waals surface area contributed by atoms with Gasteiger partial charge in [0.25, 0.3) is 11.5 Å². The Balaban J connectivity index is 1.52. The van der Waals surface area contributed by atoms with Crippen molar-refractivity contribution in [2.75, 3.05) is 44.7 Å². The average molecular weight is 536 g/mol. The predicted octanol–water partition coefficient (Wildman–Crippen LogP) is 3.55. The van der Waals surface area contributed by atoms with E-state index in [1.807, 2.05) is 43.3 Å². The fourth-order valence-corrected chi connectivity index (χ4v) is 5.86. The van der Waals surface area contributed by atoms with Crippen LogP contribution >= 0.6 is 24.0 Å². The molecule has 2 aromatic heterocycles. The molecule has 0 radical (unpaired) electrons. The van der Waals surface area contributed by atoms with Gasteiger partial charge in [-0.25, -0.2) is 4.98 Å². The number of thiocarbonyl (C=S) groups is 1. The van der Waals surface area contributed by atoms with Gasteiger partial charge in [-0.05, 0) is 48.9 Å². The molecular formula is C27H29N5O3S2. The van der Waals surface area contributed by atoms with Crippen LogP contribution in [0.2, 0.25) is 0 Å². The molecule has 2 saturated heterocycles. The molecule has 1 aromatic carbocycles. The Hall–Kier alpha value is -3.21. The molecule has 0 spiro atoms. The number of ether oxygens (including phenoxy) is 1. The number of thioether (sulfide) groups is 1. The van der Waals surface area contributed by atoms with Crippen LogP contribution in [0.15, 0.2) is 52.3 Å². The second kappa shape index (κ2) is 10.6. The number of fused-ring (bicyclic) bond motifs is 1. The minimum atomic E-state index is -0.207. The van der Waals surface area contributed by atoms with Crippen LogP contribution in [0.4, 0.5) is 5.82 Å². The monoisotopic (exact) mass is 535 g/mol. The molecular weight excluding hydrogens is 506 g/mol. The SMILES string of the molecule is CCN1CCN(c2nc3c(C)cccn3c(=O)c2/C=C2\SC(=S)N(Cc3ccc(OC)cc3)C2=O)CC1. The summed E-state index contributed by atoms with van der Waals surface area (Å²) in [6.07, 6.45) is 3.40. The van der Waals surface area contributed by atoms with Crippen molar-refractivity contribution in [1.82, 2.24) is 19.2 Å². The maximum absolute atomic E-state index is 13.7. The molecule has 0 atom stereocenters. The van der Waals surface area contributed by atoms with Crippen LogP contribution in [0.1, 0.15) is 23.6 Å². The van der Waals surface area contributed by atoms with Crippen molar-refractivity contribution in [2.24, 2.45) is 0 Å². The van der Waals surface area contributed by atoms with Gasteiger partial charge in [0.2, 0.25) is 0 Å². The minimum absolute atomic E-state index is 0.193. The number of aromatic nitrogens is 2. The number of methoxy groups -OCH3 is 1. The van der Waals surface area contributed by atoms with Gasteiger partial charge < -0.3 is 14.5 Å². The van der Waals surface area contributed by atoms with Gasteiger partial charge in [-0.2, -0.15) is 0 Å². The van der Waals surface area contributed by atoms with Crippen LogP contribution in [0, 0.1) is 6.92 Å². The van der Waals surface area contributed by atoms with Crippen LogP contribution in [0.25, 0.3) is 11.7 Å². The van der Waals surface area contributed by atoms with Gasteiger partial charge in [0.1, 0.15) is 21.5 Å². The molecule has 8 nitrogen and oxygen atoms in total. The molecule has 0 aliphatic carbocycles. The molecule has 3 aromatic rings. The summed E-state index contributed by atoms with van der Waals surface area (Å²) in [6.45, 7) is 8.77. The molecule has 2 fully saturated rings. The lowest BCUT2D eigenvalue weighted by molar-refractivity contribution is -0.122. The van der Waals surface area contributed by atoms with E-state index >= 15 is 0 Å². The van der Waals surface area contributed by atoms with Gasteiger partial charge >= 0.3 is 0 Å². The lowest BCUT2D eigenvalue weighted by Gasteiger charge is -2.35. The zero-order valence-corrected chi connectivity index (χ0v) is 22.8. The van der Waals surface area contributed by atoms with Crippen molar-refractivity contribution in [3.05, 3.63) is 74.5 Å². The molecule has 2 aliphatic rings. The van der Waals surface area contributed by atoms with Gasteiger partial charge in [0.15, 0.2) is 0 Å². The zero-order valence-electron chi connectivity index (χ0n) is 21.1. The summed E-state index contributed by atoms with van der Waals surface area (Å²) in [5.41, 5.74) is 2.71. The first-order valence-electron chi connectivity index (χ1n) is 12.3. The fourth-order valence-electron chi connectivity index (χ4n) is 4.62. The van der Waals surface area contributed by atoms with Crippen LogP contribution in [0.5, 0.6) is 5.75 Å². The maximum Gasteiger partial charge on any atom is 0.267 e. The summed E-state index contributed by atoms with van der Waals surface area (Å²) >= 11 is 6.78. The lowest BCUT2D eigenvalue weighted by atomic mass is 10.2.